The van der Waals surface area contributed by atoms with Gasteiger partial charge in [0.1, 0.15) is 0 Å². The van der Waals surface area contributed by atoms with Gasteiger partial charge >= 0.3 is 6.18 Å². The van der Waals surface area contributed by atoms with Crippen molar-refractivity contribution < 1.29 is 22.8 Å². The summed E-state index contributed by atoms with van der Waals surface area (Å²) in [5.41, 5.74) is 1.58. The second kappa shape index (κ2) is 6.78. The normalized spacial score (nSPS) is 15.6. The van der Waals surface area contributed by atoms with Crippen LogP contribution in [0.15, 0.2) is 24.3 Å². The smallest absolute Gasteiger partial charge is 0.343 e. The quantitative estimate of drug-likeness (QED) is 0.886. The topological polar surface area (TPSA) is 61.4 Å². The van der Waals surface area contributed by atoms with Crippen molar-refractivity contribution in [2.24, 2.45) is 0 Å². The fourth-order valence-electron chi connectivity index (χ4n) is 2.14. The predicted molar refractivity (Wildman–Crippen MR) is 72.7 cm³/mol. The lowest BCUT2D eigenvalue weighted by Gasteiger charge is -2.16. The van der Waals surface area contributed by atoms with Gasteiger partial charge < -0.3 is 5.32 Å². The van der Waals surface area contributed by atoms with E-state index in [1.165, 1.54) is 6.07 Å². The lowest BCUT2D eigenvalue weighted by Crippen LogP contribution is -2.45. The van der Waals surface area contributed by atoms with E-state index in [0.717, 1.165) is 44.1 Å². The molecular weight excluding hydrogens is 299 g/mol. The van der Waals surface area contributed by atoms with E-state index in [0.29, 0.717) is 0 Å². The summed E-state index contributed by atoms with van der Waals surface area (Å²) in [7, 11) is 0. The molecule has 5 nitrogen and oxygen atoms in total. The van der Waals surface area contributed by atoms with Gasteiger partial charge in [-0.05, 0) is 31.0 Å². The Balaban J connectivity index is 1.88. The highest BCUT2D eigenvalue weighted by Gasteiger charge is 2.30. The van der Waals surface area contributed by atoms with Crippen molar-refractivity contribution in [3.8, 4) is 0 Å². The van der Waals surface area contributed by atoms with E-state index in [2.05, 4.69) is 10.7 Å². The van der Waals surface area contributed by atoms with Crippen LogP contribution in [0.4, 0.5) is 13.2 Å². The second-order valence-electron chi connectivity index (χ2n) is 4.99. The third-order valence-corrected chi connectivity index (χ3v) is 3.25. The number of benzene rings is 1. The summed E-state index contributed by atoms with van der Waals surface area (Å²) in [5, 5.41) is 4.06. The molecule has 1 aliphatic rings. The van der Waals surface area contributed by atoms with Gasteiger partial charge in [-0.3, -0.25) is 15.0 Å². The van der Waals surface area contributed by atoms with Crippen LogP contribution in [0.25, 0.3) is 0 Å². The van der Waals surface area contributed by atoms with Gasteiger partial charge in [-0.1, -0.05) is 6.07 Å². The zero-order valence-corrected chi connectivity index (χ0v) is 11.7. The number of hydrazine groups is 1. The molecule has 0 spiro atoms. The molecule has 1 heterocycles. The first-order chi connectivity index (χ1) is 10.4. The largest absolute Gasteiger partial charge is 0.416 e. The van der Waals surface area contributed by atoms with Crippen LogP contribution in [-0.2, 0) is 11.0 Å². The highest BCUT2D eigenvalue weighted by Crippen LogP contribution is 2.29. The van der Waals surface area contributed by atoms with Crippen LogP contribution < -0.4 is 10.7 Å². The first-order valence-corrected chi connectivity index (χ1v) is 6.86. The lowest BCUT2D eigenvalue weighted by atomic mass is 10.1. The van der Waals surface area contributed by atoms with Crippen molar-refractivity contribution >= 4 is 11.8 Å². The number of nitrogens with zero attached hydrogens (tertiary/aromatic N) is 1. The summed E-state index contributed by atoms with van der Waals surface area (Å²) in [6.07, 6.45) is -2.52. The van der Waals surface area contributed by atoms with Gasteiger partial charge in [-0.15, -0.1) is 0 Å². The SMILES string of the molecule is O=C(CNC(=O)c1cccc(C(F)(F)F)c1)NN1CCCC1. The number of carbonyl (C=O) groups is 2. The standard InChI is InChI=1S/C14H16F3N3O2/c15-14(16,17)11-5-3-4-10(8-11)13(22)18-9-12(21)19-20-6-1-2-7-20/h3-5,8H,1-2,6-7,9H2,(H,18,22)(H,19,21). The van der Waals surface area contributed by atoms with Crippen LogP contribution >= 0.6 is 0 Å². The molecule has 120 valence electrons. The Hall–Kier alpha value is -2.09. The average Bonchev–Trinajstić information content (AvgIpc) is 2.97. The van der Waals surface area contributed by atoms with E-state index >= 15 is 0 Å². The van der Waals surface area contributed by atoms with E-state index < -0.39 is 23.6 Å². The maximum atomic E-state index is 12.6. The number of alkyl halides is 3. The summed E-state index contributed by atoms with van der Waals surface area (Å²) in [5.74, 6) is -1.12. The summed E-state index contributed by atoms with van der Waals surface area (Å²) in [4.78, 5) is 23.4. The second-order valence-corrected chi connectivity index (χ2v) is 4.99. The number of hydrogen-bond acceptors (Lipinski definition) is 3. The number of amides is 2. The van der Waals surface area contributed by atoms with E-state index in [-0.39, 0.29) is 12.1 Å². The number of carbonyl (C=O) groups excluding carboxylic acids is 2. The van der Waals surface area contributed by atoms with Crippen LogP contribution in [0.1, 0.15) is 28.8 Å². The molecule has 0 saturated carbocycles. The van der Waals surface area contributed by atoms with Crippen molar-refractivity contribution in [3.63, 3.8) is 0 Å². The number of nitrogens with one attached hydrogen (secondary N) is 2. The maximum Gasteiger partial charge on any atom is 0.416 e. The highest BCUT2D eigenvalue weighted by molar-refractivity contribution is 5.96. The van der Waals surface area contributed by atoms with Crippen molar-refractivity contribution in [2.75, 3.05) is 19.6 Å². The number of rotatable bonds is 4. The van der Waals surface area contributed by atoms with Gasteiger partial charge in [-0.2, -0.15) is 13.2 Å². The molecule has 2 rings (SSSR count). The fourth-order valence-corrected chi connectivity index (χ4v) is 2.14. The fraction of sp³-hybridized carbons (Fsp3) is 0.429. The molecule has 1 aromatic carbocycles. The third-order valence-electron chi connectivity index (χ3n) is 3.25. The van der Waals surface area contributed by atoms with Crippen LogP contribution in [0, 0.1) is 0 Å². The average molecular weight is 315 g/mol. The molecule has 0 radical (unpaired) electrons. The van der Waals surface area contributed by atoms with E-state index in [4.69, 9.17) is 0 Å². The van der Waals surface area contributed by atoms with E-state index in [9.17, 15) is 22.8 Å². The minimum atomic E-state index is -4.51. The molecule has 0 aliphatic carbocycles. The Kier molecular flexibility index (Phi) is 5.02. The van der Waals surface area contributed by atoms with Crippen LogP contribution in [0.5, 0.6) is 0 Å². The summed E-state index contributed by atoms with van der Waals surface area (Å²) < 4.78 is 37.7. The van der Waals surface area contributed by atoms with Gasteiger partial charge in [0, 0.05) is 18.7 Å². The Morgan fingerprint density at radius 3 is 2.50 bits per heavy atom. The summed E-state index contributed by atoms with van der Waals surface area (Å²) in [6, 6.07) is 4.07. The van der Waals surface area contributed by atoms with E-state index in [1.807, 2.05) is 0 Å². The minimum Gasteiger partial charge on any atom is -0.343 e. The predicted octanol–water partition coefficient (Wildman–Crippen LogP) is 1.56. The van der Waals surface area contributed by atoms with Gasteiger partial charge in [0.2, 0.25) is 0 Å². The summed E-state index contributed by atoms with van der Waals surface area (Å²) in [6.45, 7) is 1.23. The van der Waals surface area contributed by atoms with Gasteiger partial charge in [0.25, 0.3) is 11.8 Å². The minimum absolute atomic E-state index is 0.135. The molecule has 8 heteroatoms. The molecule has 2 N–H and O–H groups in total. The molecule has 0 atom stereocenters. The molecule has 1 saturated heterocycles. The Morgan fingerprint density at radius 1 is 1.18 bits per heavy atom. The molecule has 1 aliphatic heterocycles. The molecule has 1 fully saturated rings. The Morgan fingerprint density at radius 2 is 1.86 bits per heavy atom. The monoisotopic (exact) mass is 315 g/mol. The molecule has 2 amide bonds. The molecule has 0 unspecified atom stereocenters. The van der Waals surface area contributed by atoms with Gasteiger partial charge in [0.15, 0.2) is 0 Å². The molecule has 0 aromatic heterocycles. The van der Waals surface area contributed by atoms with Crippen LogP contribution in [-0.4, -0.2) is 36.5 Å². The maximum absolute atomic E-state index is 12.6. The highest BCUT2D eigenvalue weighted by atomic mass is 19.4. The van der Waals surface area contributed by atoms with Crippen molar-refractivity contribution in [3.05, 3.63) is 35.4 Å². The van der Waals surface area contributed by atoms with Crippen LogP contribution in [0.2, 0.25) is 0 Å². The third kappa shape index (κ3) is 4.45. The molecule has 22 heavy (non-hydrogen) atoms. The van der Waals surface area contributed by atoms with Crippen molar-refractivity contribution in [2.45, 2.75) is 19.0 Å². The zero-order valence-electron chi connectivity index (χ0n) is 11.7. The molecule has 0 bridgehead atoms. The number of hydrogen-bond donors (Lipinski definition) is 2. The van der Waals surface area contributed by atoms with Crippen molar-refractivity contribution in [1.29, 1.82) is 0 Å². The zero-order chi connectivity index (χ0) is 16.2. The first kappa shape index (κ1) is 16.3. The lowest BCUT2D eigenvalue weighted by molar-refractivity contribution is -0.137. The first-order valence-electron chi connectivity index (χ1n) is 6.86. The van der Waals surface area contributed by atoms with E-state index in [1.54, 1.807) is 5.01 Å². The molecular formula is C14H16F3N3O2. The Labute approximate surface area is 125 Å². The molecule has 1 aromatic rings. The summed E-state index contributed by atoms with van der Waals surface area (Å²) >= 11 is 0. The van der Waals surface area contributed by atoms with Gasteiger partial charge in [0.05, 0.1) is 12.1 Å². The van der Waals surface area contributed by atoms with Crippen molar-refractivity contribution in [1.82, 2.24) is 15.8 Å². The van der Waals surface area contributed by atoms with Gasteiger partial charge in [-0.25, -0.2) is 5.01 Å². The number of halogens is 3. The Bertz CT molecular complexity index is 555. The van der Waals surface area contributed by atoms with Crippen LogP contribution in [0.3, 0.4) is 0 Å².